The number of aromatic nitrogens is 5. The zero-order valence-electron chi connectivity index (χ0n) is 40.4. The molecule has 0 bridgehead atoms. The van der Waals surface area contributed by atoms with Crippen LogP contribution in [0.2, 0.25) is 0 Å². The number of nitrogens with zero attached hydrogens (tertiary/aromatic N) is 5. The predicted molar refractivity (Wildman–Crippen MR) is 316 cm³/mol. The van der Waals surface area contributed by atoms with Crippen molar-refractivity contribution in [2.24, 2.45) is 0 Å². The molecule has 13 aromatic carbocycles. The molecule has 0 amide bonds. The van der Waals surface area contributed by atoms with Gasteiger partial charge >= 0.3 is 0 Å². The van der Waals surface area contributed by atoms with Gasteiger partial charge in [-0.05, 0) is 91.6 Å². The summed E-state index contributed by atoms with van der Waals surface area (Å²) < 4.78 is 7.37. The van der Waals surface area contributed by atoms with Crippen LogP contribution in [0.4, 0.5) is 0 Å². The van der Waals surface area contributed by atoms with E-state index < -0.39 is 0 Å². The van der Waals surface area contributed by atoms with Gasteiger partial charge in [0.25, 0.3) is 0 Å². The molecule has 5 heteroatoms. The van der Waals surface area contributed by atoms with E-state index >= 15 is 0 Å². The molecular weight excluding hydrogens is 911 g/mol. The molecule has 0 saturated carbocycles. The third-order valence-electron chi connectivity index (χ3n) is 16.2. The molecule has 0 radical (unpaired) electrons. The zero-order valence-corrected chi connectivity index (χ0v) is 40.4. The molecule has 17 rings (SSSR count). The summed E-state index contributed by atoms with van der Waals surface area (Å²) >= 11 is 0. The topological polar surface area (TPSA) is 40.6 Å². The molecule has 0 aliphatic carbocycles. The lowest BCUT2D eigenvalue weighted by molar-refractivity contribution is 1.02. The summed E-state index contributed by atoms with van der Waals surface area (Å²) in [5.41, 5.74) is 11.8. The lowest BCUT2D eigenvalue weighted by Crippen LogP contribution is -2.05. The van der Waals surface area contributed by atoms with E-state index in [4.69, 9.17) is 9.97 Å². The van der Waals surface area contributed by atoms with Crippen molar-refractivity contribution in [3.63, 3.8) is 0 Å². The van der Waals surface area contributed by atoms with Crippen molar-refractivity contribution in [1.29, 1.82) is 0 Å². The van der Waals surface area contributed by atoms with Crippen LogP contribution in [-0.2, 0) is 0 Å². The summed E-state index contributed by atoms with van der Waals surface area (Å²) in [6.45, 7) is 0. The number of hydrogen-bond donors (Lipinski definition) is 0. The summed E-state index contributed by atoms with van der Waals surface area (Å²) in [6, 6.07) is 90.8. The van der Waals surface area contributed by atoms with Gasteiger partial charge in [0.1, 0.15) is 0 Å². The van der Waals surface area contributed by atoms with Crippen LogP contribution in [0.3, 0.4) is 0 Å². The van der Waals surface area contributed by atoms with Gasteiger partial charge < -0.3 is 9.13 Å². The first-order valence-electron chi connectivity index (χ1n) is 25.8. The van der Waals surface area contributed by atoms with Crippen molar-refractivity contribution < 1.29 is 0 Å². The fourth-order valence-corrected chi connectivity index (χ4v) is 13.1. The number of hydrogen-bond acceptors (Lipinski definition) is 2. The number of fused-ring (bicyclic) bond motifs is 23. The molecule has 0 unspecified atom stereocenters. The van der Waals surface area contributed by atoms with E-state index in [0.717, 1.165) is 82.7 Å². The number of rotatable bonds is 4. The molecule has 4 aromatic heterocycles. The Bertz CT molecular complexity index is 5290. The second kappa shape index (κ2) is 15.2. The Hall–Kier alpha value is -10.1. The molecule has 4 heterocycles. The minimum Gasteiger partial charge on any atom is -0.309 e. The smallest absolute Gasteiger partial charge is 0.235 e. The van der Waals surface area contributed by atoms with E-state index in [-0.39, 0.29) is 0 Å². The van der Waals surface area contributed by atoms with Crippen molar-refractivity contribution >= 4 is 130 Å². The van der Waals surface area contributed by atoms with Crippen LogP contribution in [0.5, 0.6) is 0 Å². The average Bonchev–Trinajstić information content (AvgIpc) is 4.13. The first-order valence-corrected chi connectivity index (χ1v) is 25.8. The van der Waals surface area contributed by atoms with Crippen LogP contribution < -0.4 is 0 Å². The molecule has 0 aliphatic heterocycles. The van der Waals surface area contributed by atoms with Crippen LogP contribution in [0.15, 0.2) is 249 Å². The van der Waals surface area contributed by atoms with E-state index in [1.807, 2.05) is 0 Å². The summed E-state index contributed by atoms with van der Waals surface area (Å²) in [7, 11) is 0. The van der Waals surface area contributed by atoms with Crippen molar-refractivity contribution in [3.05, 3.63) is 249 Å². The molecule has 0 aliphatic rings. The van der Waals surface area contributed by atoms with Gasteiger partial charge in [-0.25, -0.2) is 9.97 Å². The maximum atomic E-state index is 5.90. The van der Waals surface area contributed by atoms with Crippen molar-refractivity contribution in [1.82, 2.24) is 23.7 Å². The van der Waals surface area contributed by atoms with Crippen LogP contribution in [-0.4, -0.2) is 23.7 Å². The van der Waals surface area contributed by atoms with E-state index in [2.05, 4.69) is 262 Å². The highest BCUT2D eigenvalue weighted by Gasteiger charge is 2.28. The predicted octanol–water partition coefficient (Wildman–Crippen LogP) is 18.4. The van der Waals surface area contributed by atoms with Crippen molar-refractivity contribution in [2.45, 2.75) is 0 Å². The van der Waals surface area contributed by atoms with Crippen LogP contribution in [0, 0.1) is 0 Å². The molecule has 75 heavy (non-hydrogen) atoms. The standard InChI is InChI=1S/C70H41N5/c1-3-20-43(21-4-1)66-64-46-24-8-7-19-42(46)35-39-58(64)71-70(72-66)75-68-56(63-54-32-14-13-31-53(54)62-51-29-11-9-25-47(51)48-26-10-12-30-52(48)65(62)69(63)75)38-37-55-49-27-15-18-34-60(49)74(67(55)68)45-36-40-61-57(41-45)50-28-16-17-33-59(50)73(61)44-22-5-2-6-23-44/h1-41H. The van der Waals surface area contributed by atoms with Crippen LogP contribution in [0.25, 0.3) is 159 Å². The largest absolute Gasteiger partial charge is 0.309 e. The van der Waals surface area contributed by atoms with Gasteiger partial charge in [0.15, 0.2) is 0 Å². The maximum Gasteiger partial charge on any atom is 0.235 e. The molecule has 0 saturated heterocycles. The lowest BCUT2D eigenvalue weighted by Gasteiger charge is -2.18. The summed E-state index contributed by atoms with van der Waals surface area (Å²) in [6.07, 6.45) is 0. The Labute approximate surface area is 429 Å². The third kappa shape index (κ3) is 5.50. The molecule has 5 nitrogen and oxygen atoms in total. The zero-order chi connectivity index (χ0) is 48.9. The van der Waals surface area contributed by atoms with Crippen molar-refractivity contribution in [2.75, 3.05) is 0 Å². The van der Waals surface area contributed by atoms with Gasteiger partial charge in [-0.3, -0.25) is 4.57 Å². The van der Waals surface area contributed by atoms with E-state index in [0.29, 0.717) is 5.95 Å². The maximum absolute atomic E-state index is 5.90. The fraction of sp³-hybridized carbons (Fsp3) is 0. The van der Waals surface area contributed by atoms with E-state index in [9.17, 15) is 0 Å². The number of benzene rings is 13. The highest BCUT2D eigenvalue weighted by atomic mass is 15.2. The molecule has 0 fully saturated rings. The molecule has 0 spiro atoms. The molecule has 0 atom stereocenters. The van der Waals surface area contributed by atoms with Crippen molar-refractivity contribution in [3.8, 4) is 28.6 Å². The Morgan fingerprint density at radius 3 is 1.49 bits per heavy atom. The lowest BCUT2D eigenvalue weighted by atomic mass is 9.89. The first-order chi connectivity index (χ1) is 37.3. The SMILES string of the molecule is c1ccc(-c2nc(-n3c4c(c5ccccc5c5c6ccccc6c6ccccc6c54)c4ccc5c6ccccc6n(-c6ccc7c(c6)c6ccccc6n7-c6ccccc6)c5c43)nc3ccc4ccccc4c23)cc1. The summed E-state index contributed by atoms with van der Waals surface area (Å²) in [5, 5.41) is 20.1. The number of para-hydroxylation sites is 3. The van der Waals surface area contributed by atoms with E-state index in [1.54, 1.807) is 0 Å². The Morgan fingerprint density at radius 1 is 0.253 bits per heavy atom. The van der Waals surface area contributed by atoms with Gasteiger partial charge in [0.2, 0.25) is 5.95 Å². The minimum atomic E-state index is 0.621. The molecule has 0 N–H and O–H groups in total. The Balaban J connectivity index is 1.13. The molecule has 346 valence electrons. The Kier molecular flexibility index (Phi) is 8.21. The van der Waals surface area contributed by atoms with Gasteiger partial charge in [-0.1, -0.05) is 200 Å². The van der Waals surface area contributed by atoms with Gasteiger partial charge in [-0.2, -0.15) is 0 Å². The second-order valence-corrected chi connectivity index (χ2v) is 20.0. The third-order valence-corrected chi connectivity index (χ3v) is 16.2. The fourth-order valence-electron chi connectivity index (χ4n) is 13.1. The summed E-state index contributed by atoms with van der Waals surface area (Å²) in [5.74, 6) is 0.621. The van der Waals surface area contributed by atoms with Gasteiger partial charge in [0.05, 0.1) is 44.3 Å². The monoisotopic (exact) mass is 951 g/mol. The van der Waals surface area contributed by atoms with Gasteiger partial charge in [-0.15, -0.1) is 0 Å². The van der Waals surface area contributed by atoms with Gasteiger partial charge in [0, 0.05) is 65.4 Å². The molecular formula is C70H41N5. The first kappa shape index (κ1) is 40.5. The highest BCUT2D eigenvalue weighted by Crippen LogP contribution is 2.50. The Morgan fingerprint density at radius 2 is 0.773 bits per heavy atom. The van der Waals surface area contributed by atoms with E-state index in [1.165, 1.54) is 70.2 Å². The average molecular weight is 952 g/mol. The van der Waals surface area contributed by atoms with Crippen LogP contribution >= 0.6 is 0 Å². The second-order valence-electron chi connectivity index (χ2n) is 20.0. The normalized spacial score (nSPS) is 12.3. The quantitative estimate of drug-likeness (QED) is 0.165. The highest BCUT2D eigenvalue weighted by molar-refractivity contribution is 6.43. The molecule has 17 aromatic rings. The summed E-state index contributed by atoms with van der Waals surface area (Å²) in [4.78, 5) is 11.7. The van der Waals surface area contributed by atoms with Crippen LogP contribution in [0.1, 0.15) is 0 Å². The minimum absolute atomic E-state index is 0.621.